The molecule has 1 heterocycles. The summed E-state index contributed by atoms with van der Waals surface area (Å²) in [7, 11) is 0. The third-order valence-electron chi connectivity index (χ3n) is 4.08. The van der Waals surface area contributed by atoms with E-state index in [2.05, 4.69) is 50.3 Å². The van der Waals surface area contributed by atoms with Gasteiger partial charge >= 0.3 is 0 Å². The van der Waals surface area contributed by atoms with Gasteiger partial charge in [-0.25, -0.2) is 15.0 Å². The zero-order valence-electron chi connectivity index (χ0n) is 21.5. The molecular weight excluding hydrogens is 390 g/mol. The van der Waals surface area contributed by atoms with Gasteiger partial charge in [-0.15, -0.1) is 0 Å². The fourth-order valence-corrected chi connectivity index (χ4v) is 2.60. The summed E-state index contributed by atoms with van der Waals surface area (Å²) in [6.07, 6.45) is 7.20. The van der Waals surface area contributed by atoms with Gasteiger partial charge < -0.3 is 0 Å². The zero-order valence-corrected chi connectivity index (χ0v) is 21.5. The summed E-state index contributed by atoms with van der Waals surface area (Å²) < 4.78 is 0. The van der Waals surface area contributed by atoms with Crippen molar-refractivity contribution in [2.75, 3.05) is 0 Å². The van der Waals surface area contributed by atoms with E-state index in [1.165, 1.54) is 5.56 Å². The second-order valence-electron chi connectivity index (χ2n) is 6.09. The highest BCUT2D eigenvalue weighted by atomic mass is 15.0. The first kappa shape index (κ1) is 28.9. The van der Waals surface area contributed by atoms with Crippen molar-refractivity contribution in [3.05, 3.63) is 84.2 Å². The number of aromatic nitrogens is 3. The minimum atomic E-state index is 0.690. The van der Waals surface area contributed by atoms with Crippen LogP contribution in [0.25, 0.3) is 28.3 Å². The standard InChI is InChI=1S/C23H23N3.3C2H6/c1-4-6-10-18(5-2)21-24-22(19-11-8-7-9-12-19)26-23(25-21)20-15-13-17(3)14-16-20;3*1-2/h5-16H,4H2,1-3H3;3*1-2H3/b10-6-,18-5+;;;. The number of benzene rings is 2. The van der Waals surface area contributed by atoms with Gasteiger partial charge in [0.1, 0.15) is 0 Å². The van der Waals surface area contributed by atoms with Crippen LogP contribution < -0.4 is 0 Å². The molecule has 0 amide bonds. The maximum Gasteiger partial charge on any atom is 0.164 e. The van der Waals surface area contributed by atoms with Crippen LogP contribution in [0, 0.1) is 6.92 Å². The van der Waals surface area contributed by atoms with Crippen LogP contribution in [0.15, 0.2) is 72.8 Å². The first-order valence-electron chi connectivity index (χ1n) is 11.9. The van der Waals surface area contributed by atoms with E-state index in [-0.39, 0.29) is 0 Å². The van der Waals surface area contributed by atoms with Crippen molar-refractivity contribution in [2.45, 2.75) is 68.7 Å². The van der Waals surface area contributed by atoms with Gasteiger partial charge in [0.25, 0.3) is 0 Å². The summed E-state index contributed by atoms with van der Waals surface area (Å²) in [4.78, 5) is 14.2. The molecule has 0 saturated carbocycles. The SMILES string of the molecule is C/C=C(\C=C/CC)c1nc(-c2ccccc2)nc(-c2ccc(C)cc2)n1.CC.CC.CC. The normalized spacial score (nSPS) is 10.2. The van der Waals surface area contributed by atoms with Gasteiger partial charge in [0, 0.05) is 16.7 Å². The predicted molar refractivity (Wildman–Crippen MR) is 143 cm³/mol. The molecule has 32 heavy (non-hydrogen) atoms. The van der Waals surface area contributed by atoms with E-state index in [9.17, 15) is 0 Å². The van der Waals surface area contributed by atoms with Crippen LogP contribution in [-0.4, -0.2) is 15.0 Å². The van der Waals surface area contributed by atoms with Crippen LogP contribution in [0.2, 0.25) is 0 Å². The predicted octanol–water partition coefficient (Wildman–Crippen LogP) is 8.96. The van der Waals surface area contributed by atoms with Crippen molar-refractivity contribution in [2.24, 2.45) is 0 Å². The number of nitrogens with zero attached hydrogens (tertiary/aromatic N) is 3. The molecule has 0 aliphatic heterocycles. The highest BCUT2D eigenvalue weighted by Gasteiger charge is 2.12. The van der Waals surface area contributed by atoms with Gasteiger partial charge in [-0.1, -0.05) is 127 Å². The van der Waals surface area contributed by atoms with E-state index in [1.54, 1.807) is 0 Å². The fraction of sp³-hybridized carbons (Fsp3) is 0.345. The maximum absolute atomic E-state index is 4.74. The molecule has 0 spiro atoms. The van der Waals surface area contributed by atoms with Crippen molar-refractivity contribution in [3.8, 4) is 22.8 Å². The van der Waals surface area contributed by atoms with E-state index in [0.717, 1.165) is 23.1 Å². The van der Waals surface area contributed by atoms with Crippen molar-refractivity contribution in [3.63, 3.8) is 0 Å². The lowest BCUT2D eigenvalue weighted by Crippen LogP contribution is -2.02. The van der Waals surface area contributed by atoms with Gasteiger partial charge in [-0.3, -0.25) is 0 Å². The minimum absolute atomic E-state index is 0.690. The molecule has 3 rings (SSSR count). The Labute approximate surface area is 196 Å². The molecule has 0 aliphatic rings. The molecule has 0 atom stereocenters. The Balaban J connectivity index is 0.00000148. The average molecular weight is 432 g/mol. The molecule has 0 saturated heterocycles. The van der Waals surface area contributed by atoms with Gasteiger partial charge in [0.15, 0.2) is 17.5 Å². The van der Waals surface area contributed by atoms with Crippen LogP contribution in [0.5, 0.6) is 0 Å². The van der Waals surface area contributed by atoms with Crippen LogP contribution in [0.4, 0.5) is 0 Å². The summed E-state index contributed by atoms with van der Waals surface area (Å²) in [5.41, 5.74) is 4.19. The highest BCUT2D eigenvalue weighted by molar-refractivity contribution is 5.72. The second kappa shape index (κ2) is 17.6. The molecular formula is C29H41N3. The number of hydrogen-bond acceptors (Lipinski definition) is 3. The quantitative estimate of drug-likeness (QED) is 0.378. The van der Waals surface area contributed by atoms with Crippen molar-refractivity contribution in [1.29, 1.82) is 0 Å². The van der Waals surface area contributed by atoms with Crippen molar-refractivity contribution in [1.82, 2.24) is 15.0 Å². The van der Waals surface area contributed by atoms with Gasteiger partial charge in [0.2, 0.25) is 0 Å². The highest BCUT2D eigenvalue weighted by Crippen LogP contribution is 2.23. The Hall–Kier alpha value is -3.07. The van der Waals surface area contributed by atoms with E-state index < -0.39 is 0 Å². The average Bonchev–Trinajstić information content (AvgIpc) is 2.89. The van der Waals surface area contributed by atoms with E-state index >= 15 is 0 Å². The molecule has 3 aromatic rings. The largest absolute Gasteiger partial charge is 0.208 e. The molecule has 0 aliphatic carbocycles. The summed E-state index contributed by atoms with van der Waals surface area (Å²) in [6, 6.07) is 18.3. The minimum Gasteiger partial charge on any atom is -0.208 e. The van der Waals surface area contributed by atoms with Crippen LogP contribution >= 0.6 is 0 Å². The Morgan fingerprint density at radius 3 is 1.69 bits per heavy atom. The lowest BCUT2D eigenvalue weighted by Gasteiger charge is -2.09. The number of rotatable bonds is 5. The summed E-state index contributed by atoms with van der Waals surface area (Å²) in [5, 5.41) is 0. The summed E-state index contributed by atoms with van der Waals surface area (Å²) >= 11 is 0. The van der Waals surface area contributed by atoms with E-state index in [1.807, 2.05) is 84.9 Å². The molecule has 3 nitrogen and oxygen atoms in total. The van der Waals surface area contributed by atoms with Crippen molar-refractivity contribution >= 4 is 5.57 Å². The fourth-order valence-electron chi connectivity index (χ4n) is 2.60. The molecule has 2 aromatic carbocycles. The zero-order chi connectivity index (χ0) is 24.4. The van der Waals surface area contributed by atoms with Gasteiger partial charge in [0.05, 0.1) is 0 Å². The number of aryl methyl sites for hydroxylation is 1. The Morgan fingerprint density at radius 1 is 0.719 bits per heavy atom. The molecule has 0 fully saturated rings. The molecule has 3 heteroatoms. The first-order chi connectivity index (χ1) is 15.7. The number of allylic oxidation sites excluding steroid dienone is 4. The third kappa shape index (κ3) is 8.97. The molecule has 0 N–H and O–H groups in total. The maximum atomic E-state index is 4.74. The monoisotopic (exact) mass is 431 g/mol. The third-order valence-corrected chi connectivity index (χ3v) is 4.08. The van der Waals surface area contributed by atoms with Gasteiger partial charge in [-0.05, 0) is 20.3 Å². The lowest BCUT2D eigenvalue weighted by atomic mass is 10.1. The van der Waals surface area contributed by atoms with Crippen molar-refractivity contribution < 1.29 is 0 Å². The molecule has 0 bridgehead atoms. The molecule has 0 radical (unpaired) electrons. The van der Waals surface area contributed by atoms with E-state index in [0.29, 0.717) is 17.5 Å². The van der Waals surface area contributed by atoms with E-state index in [4.69, 9.17) is 15.0 Å². The Kier molecular flexibility index (Phi) is 15.9. The smallest absolute Gasteiger partial charge is 0.164 e. The molecule has 0 unspecified atom stereocenters. The lowest BCUT2D eigenvalue weighted by molar-refractivity contribution is 1.04. The topological polar surface area (TPSA) is 38.7 Å². The summed E-state index contributed by atoms with van der Waals surface area (Å²) in [6.45, 7) is 18.2. The second-order valence-corrected chi connectivity index (χ2v) is 6.09. The van der Waals surface area contributed by atoms with Crippen LogP contribution in [-0.2, 0) is 0 Å². The van der Waals surface area contributed by atoms with Crippen LogP contribution in [0.1, 0.15) is 73.2 Å². The van der Waals surface area contributed by atoms with Crippen LogP contribution in [0.3, 0.4) is 0 Å². The first-order valence-corrected chi connectivity index (χ1v) is 11.9. The Morgan fingerprint density at radius 2 is 1.22 bits per heavy atom. The number of hydrogen-bond donors (Lipinski definition) is 0. The summed E-state index contributed by atoms with van der Waals surface area (Å²) in [5.74, 6) is 2.08. The Bertz CT molecular complexity index is 924. The van der Waals surface area contributed by atoms with Gasteiger partial charge in [-0.2, -0.15) is 0 Å². The molecule has 172 valence electrons. The molecule has 1 aromatic heterocycles.